The van der Waals surface area contributed by atoms with Gasteiger partial charge in [-0.1, -0.05) is 6.92 Å². The Morgan fingerprint density at radius 2 is 2.33 bits per heavy atom. The van der Waals surface area contributed by atoms with Crippen molar-refractivity contribution in [3.05, 3.63) is 12.2 Å². The van der Waals surface area contributed by atoms with Crippen molar-refractivity contribution in [3.63, 3.8) is 0 Å². The molecule has 1 aromatic rings. The summed E-state index contributed by atoms with van der Waals surface area (Å²) in [6.45, 7) is 3.99. The first-order valence-electron chi connectivity index (χ1n) is 6.93. The summed E-state index contributed by atoms with van der Waals surface area (Å²) in [6.07, 6.45) is 1.52. The topological polar surface area (TPSA) is 84.6 Å². The number of nitrogens with zero attached hydrogens (tertiary/aromatic N) is 5. The van der Waals surface area contributed by atoms with Crippen molar-refractivity contribution in [3.8, 4) is 0 Å². The Morgan fingerprint density at radius 1 is 1.57 bits per heavy atom. The van der Waals surface area contributed by atoms with Crippen LogP contribution in [0.15, 0.2) is 11.3 Å². The highest BCUT2D eigenvalue weighted by Crippen LogP contribution is 2.24. The molecule has 8 nitrogen and oxygen atoms in total. The number of nitrogens with one attached hydrogen (secondary N) is 1. The highest BCUT2D eigenvalue weighted by molar-refractivity contribution is 5.82. The van der Waals surface area contributed by atoms with E-state index in [0.717, 1.165) is 18.3 Å². The van der Waals surface area contributed by atoms with Gasteiger partial charge in [-0.25, -0.2) is 4.98 Å². The van der Waals surface area contributed by atoms with E-state index in [2.05, 4.69) is 32.2 Å². The summed E-state index contributed by atoms with van der Waals surface area (Å²) < 4.78 is 6.57. The van der Waals surface area contributed by atoms with Gasteiger partial charge in [-0.05, 0) is 5.92 Å². The number of carbonyl (C=O) groups excluding carboxylic acids is 1. The molecule has 1 N–H and O–H groups in total. The number of rotatable bonds is 3. The van der Waals surface area contributed by atoms with Crippen LogP contribution in [0.2, 0.25) is 0 Å². The van der Waals surface area contributed by atoms with Gasteiger partial charge in [0, 0.05) is 27.2 Å². The zero-order valence-electron chi connectivity index (χ0n) is 12.9. The Hall–Kier alpha value is -2.12. The van der Waals surface area contributed by atoms with Gasteiger partial charge >= 0.3 is 5.97 Å². The van der Waals surface area contributed by atoms with E-state index in [-0.39, 0.29) is 17.8 Å². The van der Waals surface area contributed by atoms with E-state index >= 15 is 0 Å². The number of aliphatic imine (C=N–C) groups is 1. The molecule has 1 aliphatic heterocycles. The van der Waals surface area contributed by atoms with E-state index in [1.807, 2.05) is 7.05 Å². The lowest BCUT2D eigenvalue weighted by atomic mass is 9.99. The van der Waals surface area contributed by atoms with Gasteiger partial charge < -0.3 is 15.0 Å². The first-order chi connectivity index (χ1) is 10.1. The van der Waals surface area contributed by atoms with Crippen LogP contribution in [0.1, 0.15) is 12.7 Å². The number of aryl methyl sites for hydroxylation is 1. The van der Waals surface area contributed by atoms with Crippen LogP contribution in [-0.2, 0) is 23.1 Å². The SMILES string of the molecule is CN=C(NCc1ncnn1C)N1CC(C)C(C(=O)OC)C1. The van der Waals surface area contributed by atoms with Crippen LogP contribution in [0.3, 0.4) is 0 Å². The number of ether oxygens (including phenoxy) is 1. The zero-order valence-corrected chi connectivity index (χ0v) is 12.9. The van der Waals surface area contributed by atoms with Gasteiger partial charge in [0.05, 0.1) is 19.6 Å². The lowest BCUT2D eigenvalue weighted by molar-refractivity contribution is -0.145. The predicted octanol–water partition coefficient (Wildman–Crippen LogP) is -0.369. The molecule has 1 fully saturated rings. The zero-order chi connectivity index (χ0) is 15.4. The lowest BCUT2D eigenvalue weighted by Crippen LogP contribution is -2.40. The van der Waals surface area contributed by atoms with Crippen LogP contribution >= 0.6 is 0 Å². The molecule has 8 heteroatoms. The summed E-state index contributed by atoms with van der Waals surface area (Å²) >= 11 is 0. The molecule has 2 unspecified atom stereocenters. The molecule has 2 atom stereocenters. The fraction of sp³-hybridized carbons (Fsp3) is 0.692. The molecule has 0 radical (unpaired) electrons. The van der Waals surface area contributed by atoms with Crippen molar-refractivity contribution in [2.45, 2.75) is 13.5 Å². The van der Waals surface area contributed by atoms with Crippen LogP contribution in [-0.4, -0.2) is 58.8 Å². The van der Waals surface area contributed by atoms with Crippen molar-refractivity contribution >= 4 is 11.9 Å². The largest absolute Gasteiger partial charge is 0.469 e. The van der Waals surface area contributed by atoms with Gasteiger partial charge in [-0.2, -0.15) is 5.10 Å². The molecule has 0 amide bonds. The van der Waals surface area contributed by atoms with Crippen molar-refractivity contribution in [1.82, 2.24) is 25.0 Å². The number of likely N-dealkylation sites (tertiary alicyclic amines) is 1. The quantitative estimate of drug-likeness (QED) is 0.465. The number of hydrogen-bond acceptors (Lipinski definition) is 5. The number of carbonyl (C=O) groups is 1. The molecular formula is C13H22N6O2. The van der Waals surface area contributed by atoms with Gasteiger partial charge in [-0.15, -0.1) is 0 Å². The van der Waals surface area contributed by atoms with Crippen LogP contribution in [0.25, 0.3) is 0 Å². The van der Waals surface area contributed by atoms with Crippen LogP contribution < -0.4 is 5.32 Å². The minimum Gasteiger partial charge on any atom is -0.469 e. The second kappa shape index (κ2) is 6.55. The summed E-state index contributed by atoms with van der Waals surface area (Å²) in [4.78, 5) is 22.2. The Balaban J connectivity index is 1.96. The fourth-order valence-electron chi connectivity index (χ4n) is 2.57. The minimum atomic E-state index is -0.159. The number of aromatic nitrogens is 3. The first kappa shape index (κ1) is 15.3. The molecule has 0 saturated carbocycles. The van der Waals surface area contributed by atoms with E-state index in [1.165, 1.54) is 13.4 Å². The fourth-order valence-corrected chi connectivity index (χ4v) is 2.57. The molecule has 2 rings (SSSR count). The normalized spacial score (nSPS) is 22.5. The highest BCUT2D eigenvalue weighted by Gasteiger charge is 2.36. The number of hydrogen-bond donors (Lipinski definition) is 1. The van der Waals surface area contributed by atoms with Crippen molar-refractivity contribution in [2.75, 3.05) is 27.2 Å². The van der Waals surface area contributed by atoms with E-state index < -0.39 is 0 Å². The minimum absolute atomic E-state index is 0.108. The van der Waals surface area contributed by atoms with E-state index in [0.29, 0.717) is 13.1 Å². The Labute approximate surface area is 124 Å². The number of methoxy groups -OCH3 is 1. The lowest BCUT2D eigenvalue weighted by Gasteiger charge is -2.21. The number of guanidine groups is 1. The van der Waals surface area contributed by atoms with Crippen molar-refractivity contribution in [1.29, 1.82) is 0 Å². The second-order valence-corrected chi connectivity index (χ2v) is 5.21. The Morgan fingerprint density at radius 3 is 2.90 bits per heavy atom. The molecular weight excluding hydrogens is 272 g/mol. The summed E-state index contributed by atoms with van der Waals surface area (Å²) in [5.41, 5.74) is 0. The van der Waals surface area contributed by atoms with Gasteiger partial charge in [0.15, 0.2) is 5.96 Å². The van der Waals surface area contributed by atoms with Crippen molar-refractivity contribution < 1.29 is 9.53 Å². The molecule has 1 saturated heterocycles. The molecule has 21 heavy (non-hydrogen) atoms. The molecule has 1 aromatic heterocycles. The Kier molecular flexibility index (Phi) is 4.77. The van der Waals surface area contributed by atoms with Crippen LogP contribution in [0.4, 0.5) is 0 Å². The summed E-state index contributed by atoms with van der Waals surface area (Å²) in [5, 5.41) is 7.28. The van der Waals surface area contributed by atoms with Gasteiger partial charge in [0.1, 0.15) is 12.2 Å². The van der Waals surface area contributed by atoms with Crippen LogP contribution in [0.5, 0.6) is 0 Å². The molecule has 0 aliphatic carbocycles. The van der Waals surface area contributed by atoms with Gasteiger partial charge in [0.2, 0.25) is 0 Å². The smallest absolute Gasteiger partial charge is 0.310 e. The van der Waals surface area contributed by atoms with Crippen molar-refractivity contribution in [2.24, 2.45) is 23.9 Å². The molecule has 0 bridgehead atoms. The third-order valence-corrected chi connectivity index (χ3v) is 3.84. The molecule has 0 aromatic carbocycles. The van der Waals surface area contributed by atoms with E-state index in [9.17, 15) is 4.79 Å². The van der Waals surface area contributed by atoms with E-state index in [1.54, 1.807) is 11.7 Å². The maximum atomic E-state index is 11.7. The third-order valence-electron chi connectivity index (χ3n) is 3.84. The monoisotopic (exact) mass is 294 g/mol. The molecule has 2 heterocycles. The van der Waals surface area contributed by atoms with Gasteiger partial charge in [0.25, 0.3) is 0 Å². The van der Waals surface area contributed by atoms with Gasteiger partial charge in [-0.3, -0.25) is 14.5 Å². The second-order valence-electron chi connectivity index (χ2n) is 5.21. The standard InChI is InChI=1S/C13H22N6O2/c1-9-6-19(7-10(9)12(20)21-4)13(14-2)15-5-11-16-8-17-18(11)3/h8-10H,5-7H2,1-4H3,(H,14,15). The number of esters is 1. The third kappa shape index (κ3) is 3.32. The first-order valence-corrected chi connectivity index (χ1v) is 6.93. The summed E-state index contributed by atoms with van der Waals surface area (Å²) in [7, 11) is 5.01. The maximum absolute atomic E-state index is 11.7. The van der Waals surface area contributed by atoms with E-state index in [4.69, 9.17) is 4.74 Å². The molecule has 0 spiro atoms. The predicted molar refractivity (Wildman–Crippen MR) is 77.4 cm³/mol. The maximum Gasteiger partial charge on any atom is 0.310 e. The summed E-state index contributed by atoms with van der Waals surface area (Å²) in [6, 6.07) is 0. The molecule has 116 valence electrons. The van der Waals surface area contributed by atoms with Crippen LogP contribution in [0, 0.1) is 11.8 Å². The average molecular weight is 294 g/mol. The summed E-state index contributed by atoms with van der Waals surface area (Å²) in [5.74, 6) is 1.56. The average Bonchev–Trinajstić information content (AvgIpc) is 3.05. The highest BCUT2D eigenvalue weighted by atomic mass is 16.5. The molecule has 1 aliphatic rings. The Bertz CT molecular complexity index is 526.